The minimum atomic E-state index is -6.00. The van der Waals surface area contributed by atoms with Crippen molar-refractivity contribution in [2.45, 2.75) is 20.8 Å². The second kappa shape index (κ2) is 6.01. The van der Waals surface area contributed by atoms with Gasteiger partial charge in [-0.2, -0.15) is 0 Å². The molecule has 8 heteroatoms. The molecule has 1 aromatic rings. The molecule has 0 atom stereocenters. The Hall–Kier alpha value is -1.10. The van der Waals surface area contributed by atoms with Crippen molar-refractivity contribution in [1.29, 1.82) is 5.39 Å². The average Bonchev–Trinajstić information content (AvgIpc) is 2.18. The second-order valence-electron chi connectivity index (χ2n) is 3.37. The average molecular weight is 313 g/mol. The van der Waals surface area contributed by atoms with Gasteiger partial charge in [0.1, 0.15) is 0 Å². The molecule has 94 valence electrons. The van der Waals surface area contributed by atoms with Crippen molar-refractivity contribution in [2.75, 3.05) is 0 Å². The third kappa shape index (κ3) is 5.68. The zero-order chi connectivity index (χ0) is 13.8. The molecule has 0 spiro atoms. The predicted molar refractivity (Wildman–Crippen MR) is 63.3 cm³/mol. The largest absolute Gasteiger partial charge is 0.673 e. The van der Waals surface area contributed by atoms with Crippen LogP contribution in [0.2, 0.25) is 0 Å². The number of aryl methyl sites for hydroxylation is 1. The number of hydrogen-bond acceptors (Lipinski definition) is 1. The fraction of sp³-hybridized carbons (Fsp3) is 0.333. The number of rotatable bonds is 0. The summed E-state index contributed by atoms with van der Waals surface area (Å²) in [5, 5.41) is 8.66. The fourth-order valence-corrected chi connectivity index (χ4v) is 1.61. The minimum Gasteiger partial charge on any atom is -0.418 e. The van der Waals surface area contributed by atoms with E-state index in [0.717, 1.165) is 15.6 Å². The van der Waals surface area contributed by atoms with E-state index >= 15 is 0 Å². The van der Waals surface area contributed by atoms with Crippen LogP contribution in [0.1, 0.15) is 16.7 Å². The first-order valence-electron chi connectivity index (χ1n) is 4.56. The van der Waals surface area contributed by atoms with E-state index in [1.54, 1.807) is 0 Å². The van der Waals surface area contributed by atoms with Gasteiger partial charge in [0.05, 0.1) is 5.56 Å². The van der Waals surface area contributed by atoms with Crippen LogP contribution in [0.3, 0.4) is 0 Å². The maximum absolute atomic E-state index is 9.75. The predicted octanol–water partition coefficient (Wildman–Crippen LogP) is 5.16. The molecule has 2 nitrogen and oxygen atoms in total. The van der Waals surface area contributed by atoms with E-state index in [-0.39, 0.29) is 0 Å². The summed E-state index contributed by atoms with van der Waals surface area (Å²) in [4.78, 5) is 3.20. The van der Waals surface area contributed by atoms with Gasteiger partial charge < -0.3 is 17.3 Å². The van der Waals surface area contributed by atoms with E-state index in [1.807, 2.05) is 26.8 Å². The number of halogens is 5. The molecule has 0 fully saturated rings. The third-order valence-electron chi connectivity index (χ3n) is 2.10. The molecule has 0 heterocycles. The molecule has 0 aliphatic rings. The second-order valence-corrected chi connectivity index (χ2v) is 4.16. The minimum absolute atomic E-state index is 0.630. The Kier molecular flexibility index (Phi) is 5.62. The Morgan fingerprint density at radius 3 is 1.88 bits per heavy atom. The van der Waals surface area contributed by atoms with Gasteiger partial charge in [0.2, 0.25) is 5.39 Å². The molecule has 0 saturated carbocycles. The quantitative estimate of drug-likeness (QED) is 0.369. The van der Waals surface area contributed by atoms with Crippen molar-refractivity contribution in [3.63, 3.8) is 0 Å². The lowest BCUT2D eigenvalue weighted by Gasteiger charge is -2.02. The van der Waals surface area contributed by atoms with Gasteiger partial charge in [0.25, 0.3) is 0 Å². The number of nitrogens with zero attached hydrogens (tertiary/aromatic N) is 2. The fourth-order valence-electron chi connectivity index (χ4n) is 1.09. The normalized spacial score (nSPS) is 10.3. The highest BCUT2D eigenvalue weighted by atomic mass is 79.9. The standard InChI is InChI=1S/C9H10BrN2.BF4/c1-5-4-8(12-11)7(3)9(10)6(5)2;2-1(3,4)5/h4H,1-3H3;/q+1;-1. The lowest BCUT2D eigenvalue weighted by molar-refractivity contribution is 0.368. The molecule has 0 radical (unpaired) electrons. The van der Waals surface area contributed by atoms with Crippen molar-refractivity contribution < 1.29 is 17.3 Å². The van der Waals surface area contributed by atoms with Gasteiger partial charge in [-0.25, -0.2) is 0 Å². The molecule has 0 bridgehead atoms. The molecule has 17 heavy (non-hydrogen) atoms. The van der Waals surface area contributed by atoms with E-state index in [1.165, 1.54) is 5.56 Å². The van der Waals surface area contributed by atoms with Gasteiger partial charge in [-0.15, -0.1) is 0 Å². The summed E-state index contributed by atoms with van der Waals surface area (Å²) in [6.07, 6.45) is 0. The van der Waals surface area contributed by atoms with Gasteiger partial charge in [0, 0.05) is 10.5 Å². The lowest BCUT2D eigenvalue weighted by atomic mass is 10.1. The van der Waals surface area contributed by atoms with Crippen LogP contribution < -0.4 is 0 Å². The number of diazo groups is 1. The molecule has 1 rings (SSSR count). The highest BCUT2D eigenvalue weighted by Crippen LogP contribution is 2.31. The van der Waals surface area contributed by atoms with Crippen molar-refractivity contribution in [1.82, 2.24) is 0 Å². The first-order valence-corrected chi connectivity index (χ1v) is 5.36. The molecule has 0 N–H and O–H groups in total. The van der Waals surface area contributed by atoms with Crippen LogP contribution in [0.15, 0.2) is 10.5 Å². The topological polar surface area (TPSA) is 28.1 Å². The molecule has 0 unspecified atom stereocenters. The third-order valence-corrected chi connectivity index (χ3v) is 3.28. The molecule has 0 aliphatic carbocycles. The summed E-state index contributed by atoms with van der Waals surface area (Å²) in [7, 11) is -6.00. The van der Waals surface area contributed by atoms with E-state index in [4.69, 9.17) is 5.39 Å². The van der Waals surface area contributed by atoms with E-state index in [0.29, 0.717) is 5.69 Å². The molecule has 0 saturated heterocycles. The summed E-state index contributed by atoms with van der Waals surface area (Å²) in [6.45, 7) is 5.95. The zero-order valence-electron chi connectivity index (χ0n) is 9.44. The van der Waals surface area contributed by atoms with Crippen LogP contribution in [0.4, 0.5) is 23.0 Å². The molecule has 0 aliphatic heterocycles. The van der Waals surface area contributed by atoms with Crippen molar-refractivity contribution in [2.24, 2.45) is 0 Å². The lowest BCUT2D eigenvalue weighted by Crippen LogP contribution is -2.02. The number of hydrogen-bond donors (Lipinski definition) is 0. The Labute approximate surface area is 105 Å². The summed E-state index contributed by atoms with van der Waals surface area (Å²) in [6, 6.07) is 1.87. The van der Waals surface area contributed by atoms with E-state index < -0.39 is 7.25 Å². The summed E-state index contributed by atoms with van der Waals surface area (Å²) in [5.41, 5.74) is 3.92. The summed E-state index contributed by atoms with van der Waals surface area (Å²) >= 11 is 3.45. The van der Waals surface area contributed by atoms with E-state index in [9.17, 15) is 17.3 Å². The zero-order valence-corrected chi connectivity index (χ0v) is 11.0. The van der Waals surface area contributed by atoms with Crippen molar-refractivity contribution >= 4 is 28.9 Å². The molecule has 0 aromatic heterocycles. The molecular formula is C9H10BBrF4N2. The number of benzene rings is 1. The Balaban J connectivity index is 0.000000437. The van der Waals surface area contributed by atoms with Gasteiger partial charge in [0.15, 0.2) is 4.98 Å². The van der Waals surface area contributed by atoms with Crippen LogP contribution in [0.5, 0.6) is 0 Å². The Bertz CT molecular complexity index is 448. The monoisotopic (exact) mass is 312 g/mol. The van der Waals surface area contributed by atoms with Gasteiger partial charge >= 0.3 is 12.9 Å². The highest BCUT2D eigenvalue weighted by molar-refractivity contribution is 9.10. The maximum Gasteiger partial charge on any atom is 0.673 e. The van der Waals surface area contributed by atoms with Crippen LogP contribution in [0, 0.1) is 26.2 Å². The molecule has 1 aromatic carbocycles. The first-order chi connectivity index (χ1) is 7.57. The van der Waals surface area contributed by atoms with E-state index in [2.05, 4.69) is 20.9 Å². The van der Waals surface area contributed by atoms with Gasteiger partial charge in [-0.05, 0) is 47.8 Å². The van der Waals surface area contributed by atoms with Crippen LogP contribution >= 0.6 is 15.9 Å². The summed E-state index contributed by atoms with van der Waals surface area (Å²) < 4.78 is 40.0. The van der Waals surface area contributed by atoms with Crippen molar-refractivity contribution in [3.05, 3.63) is 32.2 Å². The first kappa shape index (κ1) is 15.9. The van der Waals surface area contributed by atoms with Crippen LogP contribution in [-0.2, 0) is 0 Å². The van der Waals surface area contributed by atoms with Gasteiger partial charge in [-0.1, -0.05) is 0 Å². The maximum atomic E-state index is 9.75. The van der Waals surface area contributed by atoms with Gasteiger partial charge in [-0.3, -0.25) is 0 Å². The van der Waals surface area contributed by atoms with Crippen LogP contribution in [0.25, 0.3) is 4.98 Å². The summed E-state index contributed by atoms with van der Waals surface area (Å²) in [5.74, 6) is 0. The van der Waals surface area contributed by atoms with Crippen molar-refractivity contribution in [3.8, 4) is 0 Å². The van der Waals surface area contributed by atoms with Crippen LogP contribution in [-0.4, -0.2) is 7.25 Å². The molecular weight excluding hydrogens is 303 g/mol. The molecule has 0 amide bonds. The highest BCUT2D eigenvalue weighted by Gasteiger charge is 2.20. The Morgan fingerprint density at radius 1 is 1.12 bits per heavy atom. The smallest absolute Gasteiger partial charge is 0.418 e. The SMILES string of the molecule is Cc1cc([N+]#N)c(C)c(Br)c1C.F[B-](F)(F)F. The Morgan fingerprint density at radius 2 is 1.53 bits per heavy atom.